The molecule has 0 aliphatic heterocycles. The number of rotatable bonds is 9. The van der Waals surface area contributed by atoms with Gasteiger partial charge in [0.15, 0.2) is 6.04 Å². The highest BCUT2D eigenvalue weighted by atomic mass is 15.3. The molecule has 37 heavy (non-hydrogen) atoms. The summed E-state index contributed by atoms with van der Waals surface area (Å²) in [5, 5.41) is 0. The Labute approximate surface area is 232 Å². The van der Waals surface area contributed by atoms with Gasteiger partial charge in [0.25, 0.3) is 0 Å². The van der Waals surface area contributed by atoms with E-state index in [1.165, 1.54) is 70.6 Å². The van der Waals surface area contributed by atoms with E-state index in [0.29, 0.717) is 22.8 Å². The van der Waals surface area contributed by atoms with Gasteiger partial charge in [-0.2, -0.15) is 0 Å². The highest BCUT2D eigenvalue weighted by molar-refractivity contribution is 5.33. The number of hydrogen-bond acceptors (Lipinski definition) is 1. The first-order valence-corrected chi connectivity index (χ1v) is 16.3. The topological polar surface area (TPSA) is 3.24 Å². The fraction of sp³-hybridized carbons (Fsp3) is 0.914. The maximum atomic E-state index is 2.79. The van der Waals surface area contributed by atoms with Crippen LogP contribution in [-0.2, 0) is 0 Å². The van der Waals surface area contributed by atoms with E-state index < -0.39 is 0 Å². The van der Waals surface area contributed by atoms with Gasteiger partial charge >= 0.3 is 0 Å². The van der Waals surface area contributed by atoms with Gasteiger partial charge in [-0.1, -0.05) is 78.9 Å². The maximum absolute atomic E-state index is 2.79. The average molecular weight is 513 g/mol. The predicted octanol–water partition coefficient (Wildman–Crippen LogP) is 8.83. The van der Waals surface area contributed by atoms with Crippen LogP contribution in [0, 0.1) is 58.3 Å². The van der Waals surface area contributed by atoms with E-state index in [1.807, 2.05) is 5.57 Å². The molecule has 0 spiro atoms. The van der Waals surface area contributed by atoms with Crippen molar-refractivity contribution < 1.29 is 4.48 Å². The number of fused-ring (bicyclic) bond motifs is 5. The Morgan fingerprint density at radius 3 is 2.30 bits per heavy atom. The van der Waals surface area contributed by atoms with Crippen molar-refractivity contribution in [3.63, 3.8) is 0 Å². The lowest BCUT2D eigenvalue weighted by atomic mass is 9.44. The summed E-state index contributed by atoms with van der Waals surface area (Å²) in [6.45, 7) is 15.3. The number of quaternary nitrogens is 1. The fourth-order valence-electron chi connectivity index (χ4n) is 11.0. The summed E-state index contributed by atoms with van der Waals surface area (Å²) in [5.74, 6) is 6.10. The van der Waals surface area contributed by atoms with Crippen LogP contribution >= 0.6 is 0 Å². The van der Waals surface area contributed by atoms with Crippen LogP contribution in [0.2, 0.25) is 0 Å². The quantitative estimate of drug-likeness (QED) is 0.220. The molecule has 3 fully saturated rings. The minimum Gasteiger partial charge on any atom is -0.320 e. The molecule has 0 bridgehead atoms. The van der Waals surface area contributed by atoms with Gasteiger partial charge in [-0.15, -0.1) is 0 Å². The summed E-state index contributed by atoms with van der Waals surface area (Å²) in [5.41, 5.74) is 2.71. The molecule has 0 heterocycles. The van der Waals surface area contributed by atoms with Crippen molar-refractivity contribution in [2.45, 2.75) is 118 Å². The standard InChI is InChI=1S/C35H64N2/c1-12-14-28-32(37(9,10)11)23-26-17-18-27-30-20-19-29(25(4)16-13-15-24(2)3)34(30,5)22-21-31(27)35(26,6)33(28)36(7)8/h17,24-25,27-31,33H,12-16,18-23H2,1-11H3/q+1/t25-,27+,28?,29-,30+,31+,33?,34-,35+/m1/s1. The molecule has 4 rings (SSSR count). The first-order valence-electron chi connectivity index (χ1n) is 16.3. The molecule has 2 heteroatoms. The molecule has 0 aromatic rings. The van der Waals surface area contributed by atoms with Gasteiger partial charge < -0.3 is 9.38 Å². The summed E-state index contributed by atoms with van der Waals surface area (Å²) < 4.78 is 1.02. The zero-order valence-corrected chi connectivity index (χ0v) is 26.9. The van der Waals surface area contributed by atoms with Crippen LogP contribution in [0.15, 0.2) is 11.6 Å². The van der Waals surface area contributed by atoms with Crippen LogP contribution in [0.1, 0.15) is 112 Å². The predicted molar refractivity (Wildman–Crippen MR) is 161 cm³/mol. The molecule has 213 valence electrons. The Hall–Kier alpha value is -0.340. The van der Waals surface area contributed by atoms with Crippen LogP contribution < -0.4 is 0 Å². The van der Waals surface area contributed by atoms with Gasteiger partial charge in [-0.3, -0.25) is 0 Å². The molecular formula is C35H64N2+. The first-order chi connectivity index (χ1) is 17.3. The summed E-state index contributed by atoms with van der Waals surface area (Å²) in [6.07, 6.45) is 18.2. The van der Waals surface area contributed by atoms with Crippen molar-refractivity contribution in [1.82, 2.24) is 4.90 Å². The van der Waals surface area contributed by atoms with E-state index in [4.69, 9.17) is 0 Å². The highest BCUT2D eigenvalue weighted by Gasteiger charge is 2.64. The van der Waals surface area contributed by atoms with E-state index >= 15 is 0 Å². The summed E-state index contributed by atoms with van der Waals surface area (Å²) >= 11 is 0. The van der Waals surface area contributed by atoms with E-state index in [9.17, 15) is 0 Å². The van der Waals surface area contributed by atoms with Gasteiger partial charge in [-0.05, 0) is 93.5 Å². The van der Waals surface area contributed by atoms with Gasteiger partial charge in [0.05, 0.1) is 21.1 Å². The zero-order chi connectivity index (χ0) is 27.3. The molecular weight excluding hydrogens is 448 g/mol. The Kier molecular flexibility index (Phi) is 8.74. The normalized spacial score (nSPS) is 41.4. The number of nitrogens with zero attached hydrogens (tertiary/aromatic N) is 2. The molecule has 0 saturated heterocycles. The van der Waals surface area contributed by atoms with Crippen LogP contribution in [0.25, 0.3) is 0 Å². The summed E-state index contributed by atoms with van der Waals surface area (Å²) in [4.78, 5) is 2.66. The van der Waals surface area contributed by atoms with Gasteiger partial charge in [0.1, 0.15) is 0 Å². The largest absolute Gasteiger partial charge is 0.320 e. The van der Waals surface area contributed by atoms with Crippen molar-refractivity contribution in [3.8, 4) is 0 Å². The van der Waals surface area contributed by atoms with Crippen molar-refractivity contribution in [1.29, 1.82) is 0 Å². The van der Waals surface area contributed by atoms with Gasteiger partial charge in [-0.25, -0.2) is 0 Å². The number of allylic oxidation sites excluding steroid dienone is 1. The Morgan fingerprint density at radius 1 is 1.00 bits per heavy atom. The number of hydrogen-bond donors (Lipinski definition) is 0. The van der Waals surface area contributed by atoms with Gasteiger partial charge in [0.2, 0.25) is 0 Å². The smallest absolute Gasteiger partial charge is 0.162 e. The molecule has 4 aliphatic carbocycles. The van der Waals surface area contributed by atoms with Crippen LogP contribution in [0.4, 0.5) is 0 Å². The molecule has 0 aromatic heterocycles. The van der Waals surface area contributed by atoms with E-state index in [0.717, 1.165) is 40.0 Å². The molecule has 0 N–H and O–H groups in total. The third kappa shape index (κ3) is 5.14. The first kappa shape index (κ1) is 29.6. The lowest BCUT2D eigenvalue weighted by Gasteiger charge is -2.64. The van der Waals surface area contributed by atoms with Crippen LogP contribution in [-0.4, -0.2) is 50.7 Å². The van der Waals surface area contributed by atoms with Crippen molar-refractivity contribution >= 4 is 0 Å². The lowest BCUT2D eigenvalue weighted by Crippen LogP contribution is -2.64. The van der Waals surface area contributed by atoms with E-state index in [-0.39, 0.29) is 0 Å². The third-order valence-electron chi connectivity index (χ3n) is 12.5. The second kappa shape index (κ2) is 10.9. The van der Waals surface area contributed by atoms with Crippen molar-refractivity contribution in [2.24, 2.45) is 52.3 Å². The zero-order valence-electron chi connectivity index (χ0n) is 26.9. The Bertz CT molecular complexity index is 805. The highest BCUT2D eigenvalue weighted by Crippen LogP contribution is 2.69. The van der Waals surface area contributed by atoms with Gasteiger partial charge in [0, 0.05) is 23.8 Å². The molecule has 0 aromatic carbocycles. The maximum Gasteiger partial charge on any atom is 0.162 e. The molecule has 3 saturated carbocycles. The average Bonchev–Trinajstić information content (AvgIpc) is 3.14. The van der Waals surface area contributed by atoms with Crippen LogP contribution in [0.5, 0.6) is 0 Å². The third-order valence-corrected chi connectivity index (χ3v) is 12.5. The Balaban J connectivity index is 1.63. The molecule has 0 amide bonds. The fourth-order valence-corrected chi connectivity index (χ4v) is 11.0. The minimum absolute atomic E-state index is 0.327. The van der Waals surface area contributed by atoms with Crippen LogP contribution in [0.3, 0.4) is 0 Å². The molecule has 2 unspecified atom stereocenters. The van der Waals surface area contributed by atoms with Crippen molar-refractivity contribution in [3.05, 3.63) is 17.7 Å². The van der Waals surface area contributed by atoms with Crippen molar-refractivity contribution in [2.75, 3.05) is 35.2 Å². The van der Waals surface area contributed by atoms with E-state index in [2.05, 4.69) is 87.8 Å². The second-order valence-electron chi connectivity index (χ2n) is 16.1. The second-order valence-corrected chi connectivity index (χ2v) is 16.1. The molecule has 1 radical (unpaired) electrons. The molecule has 4 aliphatic rings. The van der Waals surface area contributed by atoms with E-state index in [1.54, 1.807) is 6.04 Å². The summed E-state index contributed by atoms with van der Waals surface area (Å²) in [7, 11) is 12.1. The lowest BCUT2D eigenvalue weighted by molar-refractivity contribution is -0.863. The Morgan fingerprint density at radius 2 is 1.70 bits per heavy atom. The molecule has 9 atom stereocenters. The monoisotopic (exact) mass is 513 g/mol. The summed E-state index contributed by atoms with van der Waals surface area (Å²) in [6, 6.07) is 2.41. The molecule has 2 nitrogen and oxygen atoms in total. The minimum atomic E-state index is 0.327. The SMILES string of the molecule is CCCC1[C]([N+](C)(C)C)CC2=CC[C@H]3[C@@H]4CC[C@H]([C@H](C)CCCC(C)C)[C@@]4(C)CC[C@@H]3[C@@]2(C)C1N(C)C.